The first kappa shape index (κ1) is 8.06. The van der Waals surface area contributed by atoms with Crippen molar-refractivity contribution in [1.29, 1.82) is 0 Å². The van der Waals surface area contributed by atoms with Crippen molar-refractivity contribution in [2.75, 3.05) is 0 Å². The highest BCUT2D eigenvalue weighted by Crippen LogP contribution is 2.35. The van der Waals surface area contributed by atoms with E-state index in [1.165, 1.54) is 12.3 Å². The van der Waals surface area contributed by atoms with Gasteiger partial charge < -0.3 is 4.52 Å². The molecule has 0 spiro atoms. The molecule has 11 heavy (non-hydrogen) atoms. The van der Waals surface area contributed by atoms with Crippen molar-refractivity contribution in [3.05, 3.63) is 12.3 Å². The molecule has 1 aromatic rings. The summed E-state index contributed by atoms with van der Waals surface area (Å²) in [6.45, 7) is 0. The second-order valence-electron chi connectivity index (χ2n) is 1.54. The highest BCUT2D eigenvalue weighted by atomic mass is 31.2. The molecule has 0 aliphatic carbocycles. The predicted molar refractivity (Wildman–Crippen MR) is 32.5 cm³/mol. The SMILES string of the molecule is O=P(O)(O)Oc1ccnnn1. The monoisotopic (exact) mass is 177 g/mol. The molecule has 0 bridgehead atoms. The normalized spacial score (nSPS) is 11.1. The van der Waals surface area contributed by atoms with Crippen LogP contribution in [0, 0.1) is 0 Å². The molecular weight excluding hydrogens is 173 g/mol. The van der Waals surface area contributed by atoms with E-state index in [0.29, 0.717) is 0 Å². The van der Waals surface area contributed by atoms with Gasteiger partial charge >= 0.3 is 7.82 Å². The van der Waals surface area contributed by atoms with Crippen molar-refractivity contribution < 1.29 is 18.9 Å². The molecule has 1 heterocycles. The number of hydrogen-bond acceptors (Lipinski definition) is 5. The van der Waals surface area contributed by atoms with Gasteiger partial charge in [0, 0.05) is 6.07 Å². The highest BCUT2D eigenvalue weighted by molar-refractivity contribution is 7.46. The molecule has 0 aromatic carbocycles. The fourth-order valence-corrected chi connectivity index (χ4v) is 0.742. The summed E-state index contributed by atoms with van der Waals surface area (Å²) in [5.41, 5.74) is 0. The lowest BCUT2D eigenvalue weighted by atomic mass is 10.7. The van der Waals surface area contributed by atoms with Crippen molar-refractivity contribution in [2.45, 2.75) is 0 Å². The maximum Gasteiger partial charge on any atom is 0.526 e. The van der Waals surface area contributed by atoms with Gasteiger partial charge in [0.2, 0.25) is 5.88 Å². The van der Waals surface area contributed by atoms with Crippen LogP contribution in [-0.2, 0) is 4.57 Å². The van der Waals surface area contributed by atoms with E-state index in [9.17, 15) is 4.57 Å². The van der Waals surface area contributed by atoms with Crippen LogP contribution in [0.15, 0.2) is 12.3 Å². The van der Waals surface area contributed by atoms with Crippen LogP contribution in [0.2, 0.25) is 0 Å². The molecule has 0 aliphatic heterocycles. The fourth-order valence-electron chi connectivity index (χ4n) is 0.401. The smallest absolute Gasteiger partial charge is 0.384 e. The topological polar surface area (TPSA) is 105 Å². The van der Waals surface area contributed by atoms with Crippen LogP contribution in [0.4, 0.5) is 0 Å². The van der Waals surface area contributed by atoms with Gasteiger partial charge in [0.15, 0.2) is 0 Å². The Bertz CT molecular complexity index is 271. The largest absolute Gasteiger partial charge is 0.526 e. The summed E-state index contributed by atoms with van der Waals surface area (Å²) >= 11 is 0. The number of rotatable bonds is 2. The number of nitrogens with zero attached hydrogens (tertiary/aromatic N) is 3. The molecule has 1 aromatic heterocycles. The van der Waals surface area contributed by atoms with Gasteiger partial charge in [-0.15, -0.1) is 5.10 Å². The van der Waals surface area contributed by atoms with Crippen LogP contribution >= 0.6 is 7.82 Å². The van der Waals surface area contributed by atoms with E-state index >= 15 is 0 Å². The van der Waals surface area contributed by atoms with Crippen molar-refractivity contribution >= 4 is 7.82 Å². The standard InChI is InChI=1S/C3H4N3O4P/c7-11(8,9)10-3-1-2-4-6-5-3/h1-2H,(H2,7,8,9). The predicted octanol–water partition coefficient (Wildman–Crippen LogP) is -0.657. The minimum Gasteiger partial charge on any atom is -0.384 e. The molecule has 0 aliphatic rings. The average Bonchev–Trinajstić information content (AvgIpc) is 1.85. The summed E-state index contributed by atoms with van der Waals surface area (Å²) in [5.74, 6) is -0.256. The molecule has 7 nitrogen and oxygen atoms in total. The molecule has 60 valence electrons. The van der Waals surface area contributed by atoms with Gasteiger partial charge in [-0.3, -0.25) is 9.79 Å². The van der Waals surface area contributed by atoms with E-state index in [1.807, 2.05) is 0 Å². The van der Waals surface area contributed by atoms with Gasteiger partial charge in [-0.2, -0.15) is 0 Å². The first-order valence-electron chi connectivity index (χ1n) is 2.47. The van der Waals surface area contributed by atoms with Crippen molar-refractivity contribution in [3.8, 4) is 5.88 Å². The van der Waals surface area contributed by atoms with Gasteiger partial charge in [-0.25, -0.2) is 4.57 Å². The van der Waals surface area contributed by atoms with Crippen LogP contribution in [0.5, 0.6) is 5.88 Å². The van der Waals surface area contributed by atoms with E-state index < -0.39 is 7.82 Å². The first-order chi connectivity index (χ1) is 5.08. The Balaban J connectivity index is 2.74. The van der Waals surface area contributed by atoms with Crippen molar-refractivity contribution in [2.24, 2.45) is 0 Å². The Morgan fingerprint density at radius 1 is 1.55 bits per heavy atom. The van der Waals surface area contributed by atoms with E-state index in [4.69, 9.17) is 9.79 Å². The van der Waals surface area contributed by atoms with E-state index in [-0.39, 0.29) is 5.88 Å². The number of aromatic nitrogens is 3. The quantitative estimate of drug-likeness (QED) is 0.577. The fraction of sp³-hybridized carbons (Fsp3) is 0. The lowest BCUT2D eigenvalue weighted by Crippen LogP contribution is -1.94. The Morgan fingerprint density at radius 3 is 2.73 bits per heavy atom. The van der Waals surface area contributed by atoms with Gasteiger partial charge in [0.1, 0.15) is 0 Å². The maximum atomic E-state index is 10.2. The Labute approximate surface area is 61.3 Å². The Hall–Kier alpha value is -1.04. The molecule has 0 saturated heterocycles. The molecule has 0 atom stereocenters. The zero-order valence-electron chi connectivity index (χ0n) is 5.15. The van der Waals surface area contributed by atoms with Crippen LogP contribution in [0.1, 0.15) is 0 Å². The minimum absolute atomic E-state index is 0.256. The Kier molecular flexibility index (Phi) is 2.13. The molecule has 0 amide bonds. The van der Waals surface area contributed by atoms with Gasteiger partial charge in [-0.1, -0.05) is 5.10 Å². The maximum absolute atomic E-state index is 10.2. The van der Waals surface area contributed by atoms with E-state index in [2.05, 4.69) is 19.9 Å². The summed E-state index contributed by atoms with van der Waals surface area (Å²) in [7, 11) is -4.52. The van der Waals surface area contributed by atoms with Crippen LogP contribution in [-0.4, -0.2) is 25.2 Å². The Morgan fingerprint density at radius 2 is 2.27 bits per heavy atom. The number of hydrogen-bond donors (Lipinski definition) is 2. The molecular formula is C3H4N3O4P. The van der Waals surface area contributed by atoms with Gasteiger partial charge in [0.25, 0.3) is 0 Å². The molecule has 0 saturated carbocycles. The molecule has 0 radical (unpaired) electrons. The van der Waals surface area contributed by atoms with E-state index in [1.54, 1.807) is 0 Å². The molecule has 2 N–H and O–H groups in total. The summed E-state index contributed by atoms with van der Waals surface area (Å²) < 4.78 is 14.2. The molecule has 0 unspecified atom stereocenters. The summed E-state index contributed by atoms with van der Waals surface area (Å²) in [4.78, 5) is 16.5. The van der Waals surface area contributed by atoms with Crippen molar-refractivity contribution in [3.63, 3.8) is 0 Å². The zero-order chi connectivity index (χ0) is 8.32. The van der Waals surface area contributed by atoms with Gasteiger partial charge in [0.05, 0.1) is 6.20 Å². The molecule has 1 rings (SSSR count). The number of phosphoric acid groups is 1. The highest BCUT2D eigenvalue weighted by Gasteiger charge is 2.16. The summed E-state index contributed by atoms with van der Waals surface area (Å²) in [5, 5.41) is 9.57. The van der Waals surface area contributed by atoms with Crippen molar-refractivity contribution in [1.82, 2.24) is 15.4 Å². The third kappa shape index (κ3) is 3.03. The van der Waals surface area contributed by atoms with Crippen LogP contribution in [0.25, 0.3) is 0 Å². The van der Waals surface area contributed by atoms with Gasteiger partial charge in [-0.05, 0) is 5.21 Å². The lowest BCUT2D eigenvalue weighted by Gasteiger charge is -2.02. The summed E-state index contributed by atoms with van der Waals surface area (Å²) in [6, 6.07) is 1.19. The first-order valence-corrected chi connectivity index (χ1v) is 4.00. The number of phosphoric ester groups is 1. The third-order valence-corrected chi connectivity index (χ3v) is 1.12. The minimum atomic E-state index is -4.52. The zero-order valence-corrected chi connectivity index (χ0v) is 6.05. The second kappa shape index (κ2) is 2.91. The van der Waals surface area contributed by atoms with E-state index in [0.717, 1.165) is 0 Å². The van der Waals surface area contributed by atoms with Crippen LogP contribution < -0.4 is 4.52 Å². The average molecular weight is 177 g/mol. The molecule has 8 heteroatoms. The third-order valence-electron chi connectivity index (χ3n) is 0.691. The van der Waals surface area contributed by atoms with Crippen LogP contribution in [0.3, 0.4) is 0 Å². The summed E-state index contributed by atoms with van der Waals surface area (Å²) in [6.07, 6.45) is 1.21. The lowest BCUT2D eigenvalue weighted by molar-refractivity contribution is 0.278. The molecule has 0 fully saturated rings. The second-order valence-corrected chi connectivity index (χ2v) is 2.70.